The third-order valence-electron chi connectivity index (χ3n) is 7.51. The molecule has 1 aliphatic carbocycles. The maximum atomic E-state index is 12.9. The lowest BCUT2D eigenvalue weighted by molar-refractivity contribution is -0.137. The minimum absolute atomic E-state index is 0.0404. The van der Waals surface area contributed by atoms with Gasteiger partial charge in [0.05, 0.1) is 29.7 Å². The zero-order valence-electron chi connectivity index (χ0n) is 20.2. The van der Waals surface area contributed by atoms with Crippen LogP contribution in [0.2, 0.25) is 0 Å². The minimum atomic E-state index is -4.37. The van der Waals surface area contributed by atoms with Crippen molar-refractivity contribution in [2.45, 2.75) is 56.8 Å². The maximum Gasteiger partial charge on any atom is 0.416 e. The molecule has 192 valence electrons. The Kier molecular flexibility index (Phi) is 6.65. The second kappa shape index (κ2) is 9.61. The molecule has 0 unspecified atom stereocenters. The zero-order valence-corrected chi connectivity index (χ0v) is 20.2. The largest absolute Gasteiger partial charge is 0.416 e. The summed E-state index contributed by atoms with van der Waals surface area (Å²) in [6.45, 7) is 3.98. The predicted molar refractivity (Wildman–Crippen MR) is 129 cm³/mol. The molecule has 36 heavy (non-hydrogen) atoms. The summed E-state index contributed by atoms with van der Waals surface area (Å²) in [5.41, 5.74) is 2.74. The van der Waals surface area contributed by atoms with Crippen LogP contribution in [0, 0.1) is 5.92 Å². The molecule has 1 aliphatic heterocycles. The highest BCUT2D eigenvalue weighted by atomic mass is 19.4. The number of likely N-dealkylation sites (tertiary alicyclic amines) is 1. The predicted octanol–water partition coefficient (Wildman–Crippen LogP) is 4.79. The van der Waals surface area contributed by atoms with Crippen LogP contribution in [0.4, 0.5) is 13.2 Å². The average molecular weight is 501 g/mol. The number of aromatic nitrogens is 3. The average Bonchev–Trinajstić information content (AvgIpc) is 3.59. The Morgan fingerprint density at radius 1 is 1.06 bits per heavy atom. The first-order chi connectivity index (χ1) is 17.1. The van der Waals surface area contributed by atoms with Crippen molar-refractivity contribution >= 4 is 0 Å². The van der Waals surface area contributed by atoms with Crippen LogP contribution in [0.25, 0.3) is 16.9 Å². The van der Waals surface area contributed by atoms with Gasteiger partial charge in [0, 0.05) is 24.6 Å². The van der Waals surface area contributed by atoms with Gasteiger partial charge in [-0.05, 0) is 80.5 Å². The molecule has 2 fully saturated rings. The summed E-state index contributed by atoms with van der Waals surface area (Å²) in [7, 11) is 0. The van der Waals surface area contributed by atoms with Crippen LogP contribution in [-0.4, -0.2) is 55.4 Å². The number of piperidine rings is 1. The highest BCUT2D eigenvalue weighted by Crippen LogP contribution is 2.43. The molecule has 5 rings (SSSR count). The van der Waals surface area contributed by atoms with E-state index in [-0.39, 0.29) is 12.5 Å². The number of aliphatic hydroxyl groups is 2. The Labute approximate surface area is 208 Å². The lowest BCUT2D eigenvalue weighted by atomic mass is 9.83. The molecule has 0 bridgehead atoms. The summed E-state index contributed by atoms with van der Waals surface area (Å²) in [5, 5.41) is 28.5. The van der Waals surface area contributed by atoms with Gasteiger partial charge in [0.25, 0.3) is 0 Å². The molecule has 2 aromatic carbocycles. The number of halogens is 3. The number of nitrogens with zero attached hydrogens (tertiary/aromatic N) is 4. The monoisotopic (exact) mass is 500 g/mol. The topological polar surface area (TPSA) is 74.4 Å². The first-order valence-electron chi connectivity index (χ1n) is 12.4. The molecule has 3 aromatic rings. The van der Waals surface area contributed by atoms with Crippen molar-refractivity contribution in [1.29, 1.82) is 0 Å². The Bertz CT molecular complexity index is 1200. The lowest BCUT2D eigenvalue weighted by Gasteiger charge is -2.39. The highest BCUT2D eigenvalue weighted by molar-refractivity contribution is 5.59. The fourth-order valence-corrected chi connectivity index (χ4v) is 5.07. The molecule has 0 radical (unpaired) electrons. The summed E-state index contributed by atoms with van der Waals surface area (Å²) in [4.78, 5) is 2.36. The minimum Gasteiger partial charge on any atom is -0.393 e. The van der Waals surface area contributed by atoms with Gasteiger partial charge < -0.3 is 10.2 Å². The summed E-state index contributed by atoms with van der Waals surface area (Å²) < 4.78 is 40.3. The lowest BCUT2D eigenvalue weighted by Crippen LogP contribution is -2.48. The van der Waals surface area contributed by atoms with E-state index >= 15 is 0 Å². The highest BCUT2D eigenvalue weighted by Gasteiger charge is 2.35. The van der Waals surface area contributed by atoms with Crippen molar-refractivity contribution in [2.75, 3.05) is 19.7 Å². The number of hydrogen-bond acceptors (Lipinski definition) is 5. The molecule has 9 heteroatoms. The molecule has 1 saturated heterocycles. The molecule has 2 heterocycles. The Balaban J connectivity index is 1.34. The van der Waals surface area contributed by atoms with Crippen LogP contribution < -0.4 is 0 Å². The number of alkyl halides is 3. The molecule has 2 atom stereocenters. The first-order valence-corrected chi connectivity index (χ1v) is 12.4. The van der Waals surface area contributed by atoms with E-state index in [9.17, 15) is 23.4 Å². The van der Waals surface area contributed by atoms with E-state index < -0.39 is 17.3 Å². The molecule has 1 saturated carbocycles. The number of rotatable bonds is 7. The van der Waals surface area contributed by atoms with E-state index in [0.29, 0.717) is 17.2 Å². The normalized spacial score (nSPS) is 20.9. The number of hydrogen-bond donors (Lipinski definition) is 2. The van der Waals surface area contributed by atoms with Crippen molar-refractivity contribution < 1.29 is 23.4 Å². The van der Waals surface area contributed by atoms with Crippen molar-refractivity contribution in [3.63, 3.8) is 0 Å². The van der Waals surface area contributed by atoms with Crippen LogP contribution in [0.3, 0.4) is 0 Å². The van der Waals surface area contributed by atoms with Gasteiger partial charge in [-0.15, -0.1) is 5.10 Å². The van der Waals surface area contributed by atoms with Gasteiger partial charge in [-0.3, -0.25) is 4.90 Å². The molecular weight excluding hydrogens is 469 g/mol. The standard InChI is InChI=1S/C27H31F3N4O2/c1-26(36,17-35)22-3-2-12-33(15-22)14-20-8-11-23(13-24(20)18-4-5-18)34-16-25(31-32-34)19-6-9-21(10-7-19)27(28,29)30/h6-11,13,16,18,22,35-36H,2-5,12,14-15,17H2,1H3/t22-,26+/m0/s1. The van der Waals surface area contributed by atoms with Gasteiger partial charge in [0.2, 0.25) is 0 Å². The van der Waals surface area contributed by atoms with Gasteiger partial charge in [0.1, 0.15) is 5.69 Å². The second-order valence-electron chi connectivity index (χ2n) is 10.4. The van der Waals surface area contributed by atoms with Gasteiger partial charge in [-0.25, -0.2) is 4.68 Å². The van der Waals surface area contributed by atoms with E-state index in [1.165, 1.54) is 23.3 Å². The van der Waals surface area contributed by atoms with Crippen molar-refractivity contribution in [2.24, 2.45) is 5.92 Å². The molecule has 2 aliphatic rings. The second-order valence-corrected chi connectivity index (χ2v) is 10.4. The van der Waals surface area contributed by atoms with Crippen molar-refractivity contribution in [3.05, 3.63) is 65.4 Å². The fourth-order valence-electron chi connectivity index (χ4n) is 5.07. The Morgan fingerprint density at radius 3 is 2.47 bits per heavy atom. The van der Waals surface area contributed by atoms with Crippen LogP contribution in [0.5, 0.6) is 0 Å². The first kappa shape index (κ1) is 24.9. The van der Waals surface area contributed by atoms with Gasteiger partial charge in [0.15, 0.2) is 0 Å². The summed E-state index contributed by atoms with van der Waals surface area (Å²) in [6, 6.07) is 11.2. The van der Waals surface area contributed by atoms with Gasteiger partial charge in [-0.2, -0.15) is 13.2 Å². The van der Waals surface area contributed by atoms with Crippen molar-refractivity contribution in [1.82, 2.24) is 19.9 Å². The zero-order chi connectivity index (χ0) is 25.5. The molecule has 0 spiro atoms. The quantitative estimate of drug-likeness (QED) is 0.488. The van der Waals surface area contributed by atoms with Crippen LogP contribution in [0.1, 0.15) is 55.2 Å². The van der Waals surface area contributed by atoms with E-state index in [1.54, 1.807) is 17.8 Å². The fraction of sp³-hybridized carbons (Fsp3) is 0.481. The Morgan fingerprint density at radius 2 is 1.81 bits per heavy atom. The van der Waals surface area contributed by atoms with E-state index in [1.807, 2.05) is 6.07 Å². The van der Waals surface area contributed by atoms with Gasteiger partial charge in [-0.1, -0.05) is 23.4 Å². The number of benzene rings is 2. The van der Waals surface area contributed by atoms with E-state index in [2.05, 4.69) is 27.3 Å². The summed E-state index contributed by atoms with van der Waals surface area (Å²) >= 11 is 0. The third-order valence-corrected chi connectivity index (χ3v) is 7.51. The van der Waals surface area contributed by atoms with Crippen LogP contribution in [0.15, 0.2) is 48.7 Å². The molecular formula is C27H31F3N4O2. The smallest absolute Gasteiger partial charge is 0.393 e. The van der Waals surface area contributed by atoms with E-state index in [4.69, 9.17) is 0 Å². The van der Waals surface area contributed by atoms with Crippen LogP contribution in [-0.2, 0) is 12.7 Å². The van der Waals surface area contributed by atoms with Crippen molar-refractivity contribution in [3.8, 4) is 16.9 Å². The molecule has 2 N–H and O–H groups in total. The molecule has 1 aromatic heterocycles. The Hall–Kier alpha value is -2.75. The SMILES string of the molecule is C[C@@](O)(CO)[C@H]1CCCN(Cc2ccc(-n3cc(-c4ccc(C(F)(F)F)cc4)nn3)cc2C2CC2)C1. The third kappa shape index (κ3) is 5.33. The van der Waals surface area contributed by atoms with Crippen LogP contribution >= 0.6 is 0 Å². The summed E-state index contributed by atoms with van der Waals surface area (Å²) in [6.07, 6.45) is 1.55. The molecule has 6 nitrogen and oxygen atoms in total. The van der Waals surface area contributed by atoms with Gasteiger partial charge >= 0.3 is 6.18 Å². The number of aliphatic hydroxyl groups excluding tert-OH is 1. The van der Waals surface area contributed by atoms with E-state index in [0.717, 1.165) is 63.1 Å². The summed E-state index contributed by atoms with van der Waals surface area (Å²) in [5.74, 6) is 0.553. The maximum absolute atomic E-state index is 12.9. The molecule has 0 amide bonds.